The summed E-state index contributed by atoms with van der Waals surface area (Å²) in [7, 11) is 0. The molecule has 0 spiro atoms. The van der Waals surface area contributed by atoms with E-state index in [2.05, 4.69) is 61.0 Å². The number of carbonyl (C=O) groups excluding carboxylic acids is 1. The first-order chi connectivity index (χ1) is 12.0. The number of hydrogen-bond acceptors (Lipinski definition) is 4. The lowest BCUT2D eigenvalue weighted by Gasteiger charge is -2.34. The topological polar surface area (TPSA) is 35.6 Å². The van der Waals surface area contributed by atoms with Gasteiger partial charge in [-0.1, -0.05) is 13.0 Å². The zero-order valence-electron chi connectivity index (χ0n) is 16.2. The first kappa shape index (κ1) is 20.3. The molecule has 0 bridgehead atoms. The summed E-state index contributed by atoms with van der Waals surface area (Å²) in [5.41, 5.74) is 2.73. The maximum absolute atomic E-state index is 12.0. The van der Waals surface area contributed by atoms with Crippen LogP contribution in [-0.2, 0) is 4.79 Å². The maximum atomic E-state index is 12.0. The van der Waals surface area contributed by atoms with Crippen molar-refractivity contribution in [3.63, 3.8) is 0 Å². The number of nitrogens with zero attached hydrogens (tertiary/aromatic N) is 2. The van der Waals surface area contributed by atoms with Crippen molar-refractivity contribution in [1.29, 1.82) is 0 Å². The van der Waals surface area contributed by atoms with Crippen LogP contribution in [0.2, 0.25) is 0 Å². The van der Waals surface area contributed by atoms with Crippen LogP contribution in [0.5, 0.6) is 0 Å². The Bertz CT molecular complexity index is 556. The van der Waals surface area contributed by atoms with Gasteiger partial charge >= 0.3 is 0 Å². The predicted octanol–water partition coefficient (Wildman–Crippen LogP) is 2.93. The van der Waals surface area contributed by atoms with Crippen molar-refractivity contribution in [1.82, 2.24) is 15.1 Å². The van der Waals surface area contributed by atoms with E-state index in [1.807, 2.05) is 11.8 Å². The van der Waals surface area contributed by atoms with Crippen LogP contribution in [-0.4, -0.2) is 66.8 Å². The third kappa shape index (κ3) is 7.00. The highest BCUT2D eigenvalue weighted by Gasteiger charge is 2.19. The number of amides is 1. The molecule has 0 aliphatic carbocycles. The molecular weight excluding hydrogens is 330 g/mol. The van der Waals surface area contributed by atoms with Gasteiger partial charge in [0.15, 0.2) is 0 Å². The Morgan fingerprint density at radius 3 is 2.48 bits per heavy atom. The standard InChI is InChI=1S/C20H33N3OS/c1-5-18(4)21-20(24)15-23-10-8-22(9-11-23)12-13-25-19-7-6-16(2)17(3)14-19/h6-7,14,18H,5,8-13,15H2,1-4H3,(H,21,24)/t18-/m0/s1. The Kier molecular flexibility index (Phi) is 8.27. The number of carbonyl (C=O) groups is 1. The molecule has 0 radical (unpaired) electrons. The van der Waals surface area contributed by atoms with Gasteiger partial charge < -0.3 is 5.32 Å². The summed E-state index contributed by atoms with van der Waals surface area (Å²) in [5.74, 6) is 1.28. The van der Waals surface area contributed by atoms with Crippen LogP contribution in [0.25, 0.3) is 0 Å². The van der Waals surface area contributed by atoms with Gasteiger partial charge in [-0.3, -0.25) is 14.6 Å². The summed E-state index contributed by atoms with van der Waals surface area (Å²) in [6.07, 6.45) is 0.984. The molecule has 2 rings (SSSR count). The number of nitrogens with one attached hydrogen (secondary N) is 1. The van der Waals surface area contributed by atoms with E-state index in [0.29, 0.717) is 6.54 Å². The molecule has 1 atom stereocenters. The molecule has 0 aromatic heterocycles. The number of aryl methyl sites for hydroxylation is 2. The van der Waals surface area contributed by atoms with E-state index in [1.165, 1.54) is 16.0 Å². The molecule has 1 amide bonds. The Hall–Kier alpha value is -1.04. The van der Waals surface area contributed by atoms with Gasteiger partial charge in [0.1, 0.15) is 0 Å². The SMILES string of the molecule is CC[C@H](C)NC(=O)CN1CCN(CCSc2ccc(C)c(C)c2)CC1. The Labute approximate surface area is 157 Å². The van der Waals surface area contributed by atoms with Crippen molar-refractivity contribution in [2.75, 3.05) is 45.0 Å². The molecule has 1 N–H and O–H groups in total. The molecule has 1 aromatic rings. The summed E-state index contributed by atoms with van der Waals surface area (Å²) in [4.78, 5) is 18.1. The average molecular weight is 364 g/mol. The minimum Gasteiger partial charge on any atom is -0.353 e. The van der Waals surface area contributed by atoms with Gasteiger partial charge in [0.25, 0.3) is 0 Å². The highest BCUT2D eigenvalue weighted by Crippen LogP contribution is 2.21. The van der Waals surface area contributed by atoms with E-state index in [4.69, 9.17) is 0 Å². The normalized spacial score (nSPS) is 17.4. The predicted molar refractivity (Wildman–Crippen MR) is 107 cm³/mol. The molecule has 1 aromatic carbocycles. The van der Waals surface area contributed by atoms with Gasteiger partial charge in [-0.2, -0.15) is 0 Å². The number of thioether (sulfide) groups is 1. The third-order valence-electron chi connectivity index (χ3n) is 5.01. The van der Waals surface area contributed by atoms with Crippen molar-refractivity contribution < 1.29 is 4.79 Å². The number of benzene rings is 1. The van der Waals surface area contributed by atoms with Crippen LogP contribution in [0, 0.1) is 13.8 Å². The Morgan fingerprint density at radius 1 is 1.16 bits per heavy atom. The molecule has 25 heavy (non-hydrogen) atoms. The van der Waals surface area contributed by atoms with Crippen molar-refractivity contribution in [2.24, 2.45) is 0 Å². The minimum absolute atomic E-state index is 0.160. The largest absolute Gasteiger partial charge is 0.353 e. The highest BCUT2D eigenvalue weighted by molar-refractivity contribution is 7.99. The molecule has 0 unspecified atom stereocenters. The van der Waals surface area contributed by atoms with Crippen LogP contribution < -0.4 is 5.32 Å². The first-order valence-electron chi connectivity index (χ1n) is 9.42. The molecule has 1 aliphatic heterocycles. The van der Waals surface area contributed by atoms with Gasteiger partial charge in [-0.05, 0) is 50.5 Å². The van der Waals surface area contributed by atoms with Gasteiger partial charge in [0.2, 0.25) is 5.91 Å². The molecule has 140 valence electrons. The fourth-order valence-corrected chi connectivity index (χ4v) is 3.90. The smallest absolute Gasteiger partial charge is 0.234 e. The average Bonchev–Trinajstić information content (AvgIpc) is 2.59. The maximum Gasteiger partial charge on any atom is 0.234 e. The van der Waals surface area contributed by atoms with E-state index in [-0.39, 0.29) is 11.9 Å². The second-order valence-electron chi connectivity index (χ2n) is 7.09. The van der Waals surface area contributed by atoms with Crippen LogP contribution in [0.4, 0.5) is 0 Å². The highest BCUT2D eigenvalue weighted by atomic mass is 32.2. The molecule has 5 heteroatoms. The Morgan fingerprint density at radius 2 is 1.84 bits per heavy atom. The molecule has 1 saturated heterocycles. The van der Waals surface area contributed by atoms with Crippen molar-refractivity contribution in [3.8, 4) is 0 Å². The second kappa shape index (κ2) is 10.2. The summed E-state index contributed by atoms with van der Waals surface area (Å²) in [6, 6.07) is 6.99. The van der Waals surface area contributed by atoms with Gasteiger partial charge in [0.05, 0.1) is 6.54 Å². The van der Waals surface area contributed by atoms with Crippen LogP contribution >= 0.6 is 11.8 Å². The van der Waals surface area contributed by atoms with E-state index in [1.54, 1.807) is 0 Å². The summed E-state index contributed by atoms with van der Waals surface area (Å²) in [5, 5.41) is 3.05. The molecule has 0 saturated carbocycles. The minimum atomic E-state index is 0.160. The zero-order chi connectivity index (χ0) is 18.2. The number of hydrogen-bond donors (Lipinski definition) is 1. The molecule has 1 heterocycles. The summed E-state index contributed by atoms with van der Waals surface area (Å²) < 4.78 is 0. The summed E-state index contributed by atoms with van der Waals surface area (Å²) >= 11 is 1.94. The van der Waals surface area contributed by atoms with Gasteiger partial charge in [-0.15, -0.1) is 11.8 Å². The molecular formula is C20H33N3OS. The van der Waals surface area contributed by atoms with Crippen LogP contribution in [0.3, 0.4) is 0 Å². The van der Waals surface area contributed by atoms with Gasteiger partial charge in [0, 0.05) is 49.4 Å². The van der Waals surface area contributed by atoms with E-state index >= 15 is 0 Å². The lowest BCUT2D eigenvalue weighted by Crippen LogP contribution is -2.50. The van der Waals surface area contributed by atoms with Crippen LogP contribution in [0.15, 0.2) is 23.1 Å². The van der Waals surface area contributed by atoms with E-state index in [9.17, 15) is 4.79 Å². The van der Waals surface area contributed by atoms with E-state index in [0.717, 1.165) is 44.9 Å². The fourth-order valence-electron chi connectivity index (χ4n) is 2.89. The zero-order valence-corrected chi connectivity index (χ0v) is 17.0. The number of piperazine rings is 1. The Balaban J connectivity index is 1.63. The lowest BCUT2D eigenvalue weighted by molar-refractivity contribution is -0.123. The summed E-state index contributed by atoms with van der Waals surface area (Å²) in [6.45, 7) is 14.2. The van der Waals surface area contributed by atoms with Gasteiger partial charge in [-0.25, -0.2) is 0 Å². The molecule has 4 nitrogen and oxygen atoms in total. The third-order valence-corrected chi connectivity index (χ3v) is 5.98. The molecule has 1 fully saturated rings. The lowest BCUT2D eigenvalue weighted by atomic mass is 10.1. The monoisotopic (exact) mass is 363 g/mol. The van der Waals surface area contributed by atoms with Crippen molar-refractivity contribution >= 4 is 17.7 Å². The van der Waals surface area contributed by atoms with Crippen LogP contribution in [0.1, 0.15) is 31.4 Å². The quantitative estimate of drug-likeness (QED) is 0.721. The second-order valence-corrected chi connectivity index (χ2v) is 8.26. The van der Waals surface area contributed by atoms with Crippen molar-refractivity contribution in [3.05, 3.63) is 29.3 Å². The molecule has 1 aliphatic rings. The van der Waals surface area contributed by atoms with E-state index < -0.39 is 0 Å². The first-order valence-corrected chi connectivity index (χ1v) is 10.4. The fraction of sp³-hybridized carbons (Fsp3) is 0.650. The van der Waals surface area contributed by atoms with Crippen molar-refractivity contribution in [2.45, 2.75) is 45.1 Å². The number of rotatable bonds is 8.